The second kappa shape index (κ2) is 5.96. The molecule has 0 spiro atoms. The van der Waals surface area contributed by atoms with Crippen molar-refractivity contribution in [2.24, 2.45) is 0 Å². The summed E-state index contributed by atoms with van der Waals surface area (Å²) < 4.78 is 19.6. The van der Waals surface area contributed by atoms with Crippen LogP contribution >= 0.6 is 11.6 Å². The first kappa shape index (κ1) is 15.4. The van der Waals surface area contributed by atoms with E-state index in [1.165, 1.54) is 16.6 Å². The minimum atomic E-state index is -0.573. The predicted molar refractivity (Wildman–Crippen MR) is 84.1 cm³/mol. The maximum absolute atomic E-state index is 13.1. The molecule has 2 aromatic heterocycles. The zero-order chi connectivity index (χ0) is 16.6. The lowest BCUT2D eigenvalue weighted by Gasteiger charge is -2.07. The zero-order valence-electron chi connectivity index (χ0n) is 12.5. The molecule has 0 aliphatic rings. The van der Waals surface area contributed by atoms with Crippen molar-refractivity contribution in [2.75, 3.05) is 6.61 Å². The van der Waals surface area contributed by atoms with Gasteiger partial charge in [-0.25, -0.2) is 18.7 Å². The normalized spacial score (nSPS) is 11.0. The van der Waals surface area contributed by atoms with Crippen LogP contribution in [0.4, 0.5) is 4.39 Å². The number of aromatic nitrogens is 3. The fourth-order valence-corrected chi connectivity index (χ4v) is 2.56. The second-order valence-corrected chi connectivity index (χ2v) is 5.27. The fourth-order valence-electron chi connectivity index (χ4n) is 2.32. The minimum Gasteiger partial charge on any atom is -0.462 e. The number of rotatable bonds is 3. The summed E-state index contributed by atoms with van der Waals surface area (Å²) in [5, 5.41) is 4.20. The molecule has 3 aromatic rings. The van der Waals surface area contributed by atoms with Crippen LogP contribution in [-0.4, -0.2) is 27.2 Å². The summed E-state index contributed by atoms with van der Waals surface area (Å²) >= 11 is 6.10. The summed E-state index contributed by atoms with van der Waals surface area (Å²) in [6.07, 6.45) is 0. The van der Waals surface area contributed by atoms with E-state index in [0.29, 0.717) is 17.0 Å². The first-order valence-corrected chi connectivity index (χ1v) is 7.38. The Morgan fingerprint density at radius 1 is 1.35 bits per heavy atom. The van der Waals surface area contributed by atoms with Gasteiger partial charge in [-0.05, 0) is 44.2 Å². The van der Waals surface area contributed by atoms with E-state index in [1.54, 1.807) is 32.0 Å². The Morgan fingerprint density at radius 3 is 2.70 bits per heavy atom. The number of hydrogen-bond donors (Lipinski definition) is 0. The highest BCUT2D eigenvalue weighted by Crippen LogP contribution is 2.27. The molecule has 2 heterocycles. The number of nitrogens with zero attached hydrogens (tertiary/aromatic N) is 3. The summed E-state index contributed by atoms with van der Waals surface area (Å²) in [6.45, 7) is 3.73. The summed E-state index contributed by atoms with van der Waals surface area (Å²) in [6, 6.07) is 7.76. The van der Waals surface area contributed by atoms with E-state index < -0.39 is 5.97 Å². The van der Waals surface area contributed by atoms with Crippen LogP contribution in [0, 0.1) is 12.7 Å². The molecule has 0 aliphatic heterocycles. The number of fused-ring (bicyclic) bond motifs is 1. The number of hydrogen-bond acceptors (Lipinski definition) is 4. The van der Waals surface area contributed by atoms with Crippen molar-refractivity contribution in [1.82, 2.24) is 14.6 Å². The molecule has 0 bridgehead atoms. The molecule has 0 amide bonds. The lowest BCUT2D eigenvalue weighted by atomic mass is 10.1. The van der Waals surface area contributed by atoms with Crippen molar-refractivity contribution in [1.29, 1.82) is 0 Å². The summed E-state index contributed by atoms with van der Waals surface area (Å²) in [5.41, 5.74) is 2.51. The van der Waals surface area contributed by atoms with Gasteiger partial charge in [0, 0.05) is 11.3 Å². The monoisotopic (exact) mass is 333 g/mol. The van der Waals surface area contributed by atoms with Crippen LogP contribution in [0.5, 0.6) is 0 Å². The molecule has 0 unspecified atom stereocenters. The number of benzene rings is 1. The first-order chi connectivity index (χ1) is 11.0. The van der Waals surface area contributed by atoms with Gasteiger partial charge in [0.25, 0.3) is 0 Å². The summed E-state index contributed by atoms with van der Waals surface area (Å²) in [4.78, 5) is 16.4. The Kier molecular flexibility index (Phi) is 4.00. The topological polar surface area (TPSA) is 56.5 Å². The van der Waals surface area contributed by atoms with Crippen LogP contribution in [0.3, 0.4) is 0 Å². The molecule has 23 heavy (non-hydrogen) atoms. The van der Waals surface area contributed by atoms with E-state index in [0.717, 1.165) is 5.56 Å². The molecule has 0 atom stereocenters. The zero-order valence-corrected chi connectivity index (χ0v) is 13.3. The average molecular weight is 334 g/mol. The first-order valence-electron chi connectivity index (χ1n) is 7.00. The van der Waals surface area contributed by atoms with E-state index >= 15 is 0 Å². The number of esters is 1. The lowest BCUT2D eigenvalue weighted by Crippen LogP contribution is -2.06. The van der Waals surface area contributed by atoms with Crippen molar-refractivity contribution in [3.8, 4) is 11.3 Å². The quantitative estimate of drug-likeness (QED) is 0.686. The fraction of sp³-hybridized carbons (Fsp3) is 0.188. The predicted octanol–water partition coefficient (Wildman–Crippen LogP) is 3.67. The Bertz CT molecular complexity index is 890. The van der Waals surface area contributed by atoms with Crippen LogP contribution in [0.25, 0.3) is 16.9 Å². The van der Waals surface area contributed by atoms with Crippen molar-refractivity contribution in [3.05, 3.63) is 52.6 Å². The standard InChI is InChI=1S/C16H13ClFN3O2/c1-3-23-16(22)13-14(17)20-21-12(8-9(2)19-15(13)21)10-4-6-11(18)7-5-10/h4-8H,3H2,1-2H3. The van der Waals surface area contributed by atoms with Crippen LogP contribution in [-0.2, 0) is 4.74 Å². The molecule has 3 rings (SSSR count). The van der Waals surface area contributed by atoms with Gasteiger partial charge < -0.3 is 4.74 Å². The van der Waals surface area contributed by atoms with E-state index in [2.05, 4.69) is 10.1 Å². The highest BCUT2D eigenvalue weighted by molar-refractivity contribution is 6.33. The number of aryl methyl sites for hydroxylation is 1. The largest absolute Gasteiger partial charge is 0.462 e. The van der Waals surface area contributed by atoms with Crippen molar-refractivity contribution >= 4 is 23.2 Å². The van der Waals surface area contributed by atoms with Gasteiger partial charge in [0.15, 0.2) is 10.8 Å². The molecule has 1 aromatic carbocycles. The van der Waals surface area contributed by atoms with Gasteiger partial charge in [-0.1, -0.05) is 11.6 Å². The van der Waals surface area contributed by atoms with Gasteiger partial charge in [0.05, 0.1) is 12.3 Å². The third-order valence-electron chi connectivity index (χ3n) is 3.29. The smallest absolute Gasteiger partial charge is 0.345 e. The molecular formula is C16H13ClFN3O2. The third kappa shape index (κ3) is 2.77. The summed E-state index contributed by atoms with van der Waals surface area (Å²) in [5.74, 6) is -0.905. The Hall–Kier alpha value is -2.47. The van der Waals surface area contributed by atoms with E-state index in [1.807, 2.05) is 0 Å². The maximum atomic E-state index is 13.1. The van der Waals surface area contributed by atoms with Crippen molar-refractivity contribution in [3.63, 3.8) is 0 Å². The van der Waals surface area contributed by atoms with Gasteiger partial charge in [0.2, 0.25) is 0 Å². The average Bonchev–Trinajstić information content (AvgIpc) is 2.83. The number of ether oxygens (including phenoxy) is 1. The van der Waals surface area contributed by atoms with E-state index in [4.69, 9.17) is 16.3 Å². The highest BCUT2D eigenvalue weighted by atomic mass is 35.5. The van der Waals surface area contributed by atoms with Crippen LogP contribution < -0.4 is 0 Å². The van der Waals surface area contributed by atoms with Crippen molar-refractivity contribution in [2.45, 2.75) is 13.8 Å². The SMILES string of the molecule is CCOC(=O)c1c(Cl)nn2c(-c3ccc(F)cc3)cc(C)nc12. The van der Waals surface area contributed by atoms with Gasteiger partial charge in [-0.15, -0.1) is 0 Å². The Balaban J connectivity index is 2.26. The molecule has 118 valence electrons. The minimum absolute atomic E-state index is 0.0184. The number of carbonyl (C=O) groups excluding carboxylic acids is 1. The van der Waals surface area contributed by atoms with Gasteiger partial charge in [-0.2, -0.15) is 5.10 Å². The van der Waals surface area contributed by atoms with Crippen LogP contribution in [0.15, 0.2) is 30.3 Å². The number of carbonyl (C=O) groups is 1. The molecule has 0 N–H and O–H groups in total. The Morgan fingerprint density at radius 2 is 2.04 bits per heavy atom. The van der Waals surface area contributed by atoms with Crippen LogP contribution in [0.1, 0.15) is 23.0 Å². The second-order valence-electron chi connectivity index (χ2n) is 4.91. The molecular weight excluding hydrogens is 321 g/mol. The molecule has 0 saturated heterocycles. The van der Waals surface area contributed by atoms with E-state index in [-0.39, 0.29) is 23.1 Å². The molecule has 0 radical (unpaired) electrons. The molecule has 0 saturated carbocycles. The van der Waals surface area contributed by atoms with Gasteiger partial charge in [-0.3, -0.25) is 0 Å². The van der Waals surface area contributed by atoms with Crippen molar-refractivity contribution < 1.29 is 13.9 Å². The third-order valence-corrected chi connectivity index (χ3v) is 3.56. The van der Waals surface area contributed by atoms with E-state index in [9.17, 15) is 9.18 Å². The molecule has 0 fully saturated rings. The highest BCUT2D eigenvalue weighted by Gasteiger charge is 2.23. The maximum Gasteiger partial charge on any atom is 0.345 e. The van der Waals surface area contributed by atoms with Gasteiger partial charge in [0.1, 0.15) is 11.4 Å². The Labute approximate surface area is 136 Å². The lowest BCUT2D eigenvalue weighted by molar-refractivity contribution is 0.0528. The molecule has 5 nitrogen and oxygen atoms in total. The summed E-state index contributed by atoms with van der Waals surface area (Å²) in [7, 11) is 0. The molecule has 0 aliphatic carbocycles. The van der Waals surface area contributed by atoms with Gasteiger partial charge >= 0.3 is 5.97 Å². The molecule has 7 heteroatoms. The van der Waals surface area contributed by atoms with Crippen LogP contribution in [0.2, 0.25) is 5.15 Å². The number of halogens is 2.